The fourth-order valence-corrected chi connectivity index (χ4v) is 3.42. The van der Waals surface area contributed by atoms with E-state index in [1.165, 1.54) is 5.56 Å². The number of hydrogen-bond acceptors (Lipinski definition) is 3. The highest BCUT2D eigenvalue weighted by Gasteiger charge is 2.23. The molecule has 0 radical (unpaired) electrons. The number of nitrogens with one attached hydrogen (secondary N) is 2. The van der Waals surface area contributed by atoms with Crippen molar-refractivity contribution in [2.75, 3.05) is 31.6 Å². The molecule has 7 heteroatoms. The van der Waals surface area contributed by atoms with Crippen LogP contribution in [0.4, 0.5) is 5.69 Å². The van der Waals surface area contributed by atoms with Gasteiger partial charge in [0.2, 0.25) is 5.91 Å². The number of fused-ring (bicyclic) bond motifs is 1. The molecule has 2 aromatic rings. The van der Waals surface area contributed by atoms with Crippen molar-refractivity contribution >= 4 is 41.5 Å². The molecule has 1 heterocycles. The monoisotopic (exact) mass is 522 g/mol. The van der Waals surface area contributed by atoms with Gasteiger partial charge in [-0.05, 0) is 49.1 Å². The third kappa shape index (κ3) is 6.62. The topological polar surface area (TPSA) is 66.0 Å². The molecule has 162 valence electrons. The minimum Gasteiger partial charge on any atom is -0.497 e. The molecule has 30 heavy (non-hydrogen) atoms. The van der Waals surface area contributed by atoms with E-state index in [0.717, 1.165) is 48.9 Å². The SMILES string of the molecule is CCNC(=NCc1ccc(OC)cc1)NCCCC(=O)N1CCc2ccccc21.I. The highest BCUT2D eigenvalue weighted by atomic mass is 127. The summed E-state index contributed by atoms with van der Waals surface area (Å²) in [5.74, 6) is 1.80. The lowest BCUT2D eigenvalue weighted by molar-refractivity contribution is -0.118. The van der Waals surface area contributed by atoms with Crippen LogP contribution < -0.4 is 20.3 Å². The highest BCUT2D eigenvalue weighted by molar-refractivity contribution is 14.0. The van der Waals surface area contributed by atoms with E-state index in [4.69, 9.17) is 4.74 Å². The van der Waals surface area contributed by atoms with Crippen molar-refractivity contribution in [3.8, 4) is 5.75 Å². The molecular formula is C23H31IN4O2. The van der Waals surface area contributed by atoms with Crippen LogP contribution in [0.2, 0.25) is 0 Å². The number of halogens is 1. The molecule has 1 aliphatic rings. The first-order chi connectivity index (χ1) is 14.2. The summed E-state index contributed by atoms with van der Waals surface area (Å²) < 4.78 is 5.18. The maximum Gasteiger partial charge on any atom is 0.227 e. The van der Waals surface area contributed by atoms with Gasteiger partial charge in [0.15, 0.2) is 5.96 Å². The number of aliphatic imine (C=N–C) groups is 1. The van der Waals surface area contributed by atoms with Crippen LogP contribution >= 0.6 is 24.0 Å². The van der Waals surface area contributed by atoms with Gasteiger partial charge in [0, 0.05) is 31.7 Å². The molecule has 1 amide bonds. The van der Waals surface area contributed by atoms with E-state index in [2.05, 4.69) is 21.7 Å². The number of methoxy groups -OCH3 is 1. The Balaban J connectivity index is 0.00000320. The van der Waals surface area contributed by atoms with Gasteiger partial charge >= 0.3 is 0 Å². The van der Waals surface area contributed by atoms with E-state index >= 15 is 0 Å². The molecule has 3 rings (SSSR count). The zero-order chi connectivity index (χ0) is 20.5. The molecule has 0 aliphatic carbocycles. The van der Waals surface area contributed by atoms with Crippen molar-refractivity contribution in [3.05, 3.63) is 59.7 Å². The zero-order valence-corrected chi connectivity index (χ0v) is 20.0. The zero-order valence-electron chi connectivity index (χ0n) is 17.7. The van der Waals surface area contributed by atoms with E-state index in [1.807, 2.05) is 54.3 Å². The Bertz CT molecular complexity index is 839. The first kappa shape index (κ1) is 24.0. The van der Waals surface area contributed by atoms with Gasteiger partial charge < -0.3 is 20.3 Å². The molecule has 0 unspecified atom stereocenters. The van der Waals surface area contributed by atoms with Crippen molar-refractivity contribution in [1.82, 2.24) is 10.6 Å². The van der Waals surface area contributed by atoms with Gasteiger partial charge in [0.05, 0.1) is 13.7 Å². The molecule has 0 saturated heterocycles. The lowest BCUT2D eigenvalue weighted by Crippen LogP contribution is -2.38. The number of hydrogen-bond donors (Lipinski definition) is 2. The number of rotatable bonds is 8. The summed E-state index contributed by atoms with van der Waals surface area (Å²) in [6.45, 7) is 4.91. The summed E-state index contributed by atoms with van der Waals surface area (Å²) in [7, 11) is 1.66. The number of para-hydroxylation sites is 1. The van der Waals surface area contributed by atoms with Gasteiger partial charge in [-0.25, -0.2) is 4.99 Å². The summed E-state index contributed by atoms with van der Waals surface area (Å²) >= 11 is 0. The third-order valence-corrected chi connectivity index (χ3v) is 4.97. The first-order valence-electron chi connectivity index (χ1n) is 10.2. The van der Waals surface area contributed by atoms with Crippen molar-refractivity contribution in [1.29, 1.82) is 0 Å². The second-order valence-corrected chi connectivity index (χ2v) is 7.00. The number of anilines is 1. The standard InChI is InChI=1S/C23H30N4O2.HI/c1-3-24-23(26-17-18-10-12-20(29-2)13-11-18)25-15-6-9-22(28)27-16-14-19-7-4-5-8-21(19)27;/h4-5,7-8,10-13H,3,6,9,14-17H2,1-2H3,(H2,24,25,26);1H. The third-order valence-electron chi connectivity index (χ3n) is 4.97. The Kier molecular flexibility index (Phi) is 9.93. The summed E-state index contributed by atoms with van der Waals surface area (Å²) in [5.41, 5.74) is 3.45. The maximum atomic E-state index is 12.6. The van der Waals surface area contributed by atoms with Gasteiger partial charge in [-0.15, -0.1) is 24.0 Å². The highest BCUT2D eigenvalue weighted by Crippen LogP contribution is 2.27. The Hall–Kier alpha value is -2.29. The molecule has 0 saturated carbocycles. The molecule has 2 aromatic carbocycles. The van der Waals surface area contributed by atoms with E-state index in [9.17, 15) is 4.79 Å². The Morgan fingerprint density at radius 2 is 1.90 bits per heavy atom. The Morgan fingerprint density at radius 3 is 2.63 bits per heavy atom. The summed E-state index contributed by atoms with van der Waals surface area (Å²) in [6, 6.07) is 16.1. The number of carbonyl (C=O) groups excluding carboxylic acids is 1. The largest absolute Gasteiger partial charge is 0.497 e. The molecule has 0 fully saturated rings. The molecule has 1 aliphatic heterocycles. The summed E-state index contributed by atoms with van der Waals surface area (Å²) in [6.07, 6.45) is 2.24. The van der Waals surface area contributed by atoms with Crippen LogP contribution in [0.1, 0.15) is 30.9 Å². The molecular weight excluding hydrogens is 491 g/mol. The quantitative estimate of drug-likeness (QED) is 0.240. The minimum atomic E-state index is 0. The van der Waals surface area contributed by atoms with Gasteiger partial charge in [-0.2, -0.15) is 0 Å². The van der Waals surface area contributed by atoms with Crippen LogP contribution in [0.5, 0.6) is 5.75 Å². The predicted molar refractivity (Wildman–Crippen MR) is 133 cm³/mol. The van der Waals surface area contributed by atoms with Gasteiger partial charge in [-0.3, -0.25) is 4.79 Å². The van der Waals surface area contributed by atoms with Crippen LogP contribution in [-0.2, 0) is 17.8 Å². The predicted octanol–water partition coefficient (Wildman–Crippen LogP) is 3.74. The number of carbonyl (C=O) groups is 1. The van der Waals surface area contributed by atoms with E-state index in [1.54, 1.807) is 7.11 Å². The average Bonchev–Trinajstić information content (AvgIpc) is 3.19. The second kappa shape index (κ2) is 12.4. The van der Waals surface area contributed by atoms with Gasteiger partial charge in [0.25, 0.3) is 0 Å². The number of benzene rings is 2. The molecule has 0 spiro atoms. The molecule has 0 bridgehead atoms. The van der Waals surface area contributed by atoms with Crippen molar-refractivity contribution in [3.63, 3.8) is 0 Å². The average molecular weight is 522 g/mol. The van der Waals surface area contributed by atoms with E-state index in [0.29, 0.717) is 19.5 Å². The number of nitrogens with zero attached hydrogens (tertiary/aromatic N) is 2. The van der Waals surface area contributed by atoms with Crippen LogP contribution in [-0.4, -0.2) is 38.6 Å². The Labute approximate surface area is 196 Å². The van der Waals surface area contributed by atoms with Gasteiger partial charge in [0.1, 0.15) is 5.75 Å². The molecule has 0 aromatic heterocycles. The fraction of sp³-hybridized carbons (Fsp3) is 0.391. The molecule has 2 N–H and O–H groups in total. The lowest BCUT2D eigenvalue weighted by atomic mass is 10.2. The fourth-order valence-electron chi connectivity index (χ4n) is 3.42. The van der Waals surface area contributed by atoms with Crippen LogP contribution in [0.25, 0.3) is 0 Å². The van der Waals surface area contributed by atoms with Crippen LogP contribution in [0.15, 0.2) is 53.5 Å². The summed E-state index contributed by atoms with van der Waals surface area (Å²) in [4.78, 5) is 19.1. The van der Waals surface area contributed by atoms with Gasteiger partial charge in [-0.1, -0.05) is 30.3 Å². The normalized spacial score (nSPS) is 12.7. The number of guanidine groups is 1. The summed E-state index contributed by atoms with van der Waals surface area (Å²) in [5, 5.41) is 6.57. The van der Waals surface area contributed by atoms with Crippen LogP contribution in [0, 0.1) is 0 Å². The first-order valence-corrected chi connectivity index (χ1v) is 10.2. The minimum absolute atomic E-state index is 0. The van der Waals surface area contributed by atoms with Crippen molar-refractivity contribution in [2.45, 2.75) is 32.7 Å². The van der Waals surface area contributed by atoms with E-state index in [-0.39, 0.29) is 29.9 Å². The molecule has 6 nitrogen and oxygen atoms in total. The molecule has 0 atom stereocenters. The Morgan fingerprint density at radius 1 is 1.13 bits per heavy atom. The van der Waals surface area contributed by atoms with Crippen molar-refractivity contribution in [2.24, 2.45) is 4.99 Å². The van der Waals surface area contributed by atoms with Crippen LogP contribution in [0.3, 0.4) is 0 Å². The lowest BCUT2D eigenvalue weighted by Gasteiger charge is -2.17. The smallest absolute Gasteiger partial charge is 0.227 e. The number of ether oxygens (including phenoxy) is 1. The number of amides is 1. The van der Waals surface area contributed by atoms with Crippen molar-refractivity contribution < 1.29 is 9.53 Å². The van der Waals surface area contributed by atoms with E-state index < -0.39 is 0 Å². The second-order valence-electron chi connectivity index (χ2n) is 7.00. The maximum absolute atomic E-state index is 12.6.